The third kappa shape index (κ3) is 2.05. The first-order valence-corrected chi connectivity index (χ1v) is 6.01. The molecule has 1 aliphatic rings. The highest BCUT2D eigenvalue weighted by Crippen LogP contribution is 2.28. The van der Waals surface area contributed by atoms with E-state index in [1.165, 1.54) is 17.5 Å². The maximum atomic E-state index is 11.6. The van der Waals surface area contributed by atoms with E-state index in [1.54, 1.807) is 4.90 Å². The van der Waals surface area contributed by atoms with Crippen molar-refractivity contribution in [3.8, 4) is 0 Å². The summed E-state index contributed by atoms with van der Waals surface area (Å²) in [7, 11) is 0. The Morgan fingerprint density at radius 1 is 1.73 bits per heavy atom. The van der Waals surface area contributed by atoms with Gasteiger partial charge in [0.15, 0.2) is 11.4 Å². The normalized spacial score (nSPS) is 21.0. The number of anilines is 1. The van der Waals surface area contributed by atoms with Crippen molar-refractivity contribution in [1.82, 2.24) is 4.98 Å². The molecule has 0 N–H and O–H groups in total. The van der Waals surface area contributed by atoms with E-state index in [2.05, 4.69) is 17.6 Å². The van der Waals surface area contributed by atoms with Gasteiger partial charge in [0.25, 0.3) is 0 Å². The largest absolute Gasteiger partial charge is 0.297 e. The molecule has 15 heavy (non-hydrogen) atoms. The van der Waals surface area contributed by atoms with Gasteiger partial charge in [-0.1, -0.05) is 11.3 Å². The number of hydrogen-bond acceptors (Lipinski definition) is 5. The van der Waals surface area contributed by atoms with Gasteiger partial charge in [-0.25, -0.2) is 4.98 Å². The summed E-state index contributed by atoms with van der Waals surface area (Å²) in [6, 6.07) is 0. The van der Waals surface area contributed by atoms with Gasteiger partial charge in [0.05, 0.1) is 11.1 Å². The first kappa shape index (κ1) is 10.6. The molecular weight excluding hydrogens is 232 g/mol. The Morgan fingerprint density at radius 3 is 3.07 bits per heavy atom. The minimum absolute atomic E-state index is 0.0702. The lowest BCUT2D eigenvalue weighted by molar-refractivity contribution is -0.117. The van der Waals surface area contributed by atoms with Crippen molar-refractivity contribution in [2.75, 3.05) is 17.2 Å². The van der Waals surface area contributed by atoms with Gasteiger partial charge in [-0.3, -0.25) is 14.5 Å². The Bertz CT molecular complexity index is 391. The Hall–Kier alpha value is -0.880. The van der Waals surface area contributed by atoms with Gasteiger partial charge in [-0.2, -0.15) is 12.6 Å². The topological polar surface area (TPSA) is 50.3 Å². The molecule has 0 aromatic carbocycles. The summed E-state index contributed by atoms with van der Waals surface area (Å²) in [4.78, 5) is 28.3. The predicted octanol–water partition coefficient (Wildman–Crippen LogP) is 1.24. The highest BCUT2D eigenvalue weighted by Gasteiger charge is 2.31. The summed E-state index contributed by atoms with van der Waals surface area (Å²) in [5, 5.41) is 0.617. The molecule has 1 aliphatic heterocycles. The van der Waals surface area contributed by atoms with E-state index >= 15 is 0 Å². The van der Waals surface area contributed by atoms with Crippen LogP contribution in [-0.4, -0.2) is 29.5 Å². The lowest BCUT2D eigenvalue weighted by Crippen LogP contribution is -2.24. The molecule has 0 radical (unpaired) electrons. The van der Waals surface area contributed by atoms with Crippen molar-refractivity contribution in [1.29, 1.82) is 0 Å². The van der Waals surface area contributed by atoms with Crippen molar-refractivity contribution < 1.29 is 9.59 Å². The number of aldehydes is 1. The Morgan fingerprint density at radius 2 is 2.53 bits per heavy atom. The van der Waals surface area contributed by atoms with Crippen molar-refractivity contribution in [3.05, 3.63) is 11.1 Å². The molecule has 6 heteroatoms. The summed E-state index contributed by atoms with van der Waals surface area (Å²) in [5.74, 6) is 1.07. The van der Waals surface area contributed by atoms with Gasteiger partial charge in [0.2, 0.25) is 5.91 Å². The molecule has 0 bridgehead atoms. The maximum absolute atomic E-state index is 11.6. The van der Waals surface area contributed by atoms with Crippen LogP contribution in [0.25, 0.3) is 0 Å². The molecular formula is C9H10N2O2S2. The van der Waals surface area contributed by atoms with Crippen LogP contribution in [0.4, 0.5) is 5.13 Å². The second-order valence-electron chi connectivity index (χ2n) is 3.42. The number of rotatable bonds is 3. The number of hydrogen-bond donors (Lipinski definition) is 1. The molecule has 1 atom stereocenters. The molecule has 1 saturated heterocycles. The highest BCUT2D eigenvalue weighted by atomic mass is 32.1. The molecule has 80 valence electrons. The molecule has 1 fully saturated rings. The van der Waals surface area contributed by atoms with Crippen molar-refractivity contribution in [2.24, 2.45) is 5.92 Å². The van der Waals surface area contributed by atoms with Gasteiger partial charge in [0.1, 0.15) is 0 Å². The van der Waals surface area contributed by atoms with Crippen LogP contribution < -0.4 is 4.90 Å². The van der Waals surface area contributed by atoms with Crippen LogP contribution in [0, 0.1) is 5.92 Å². The zero-order valence-electron chi connectivity index (χ0n) is 7.92. The first-order valence-electron chi connectivity index (χ1n) is 4.57. The van der Waals surface area contributed by atoms with E-state index in [0.29, 0.717) is 34.6 Å². The summed E-state index contributed by atoms with van der Waals surface area (Å²) in [6.07, 6.45) is 2.77. The molecule has 0 aliphatic carbocycles. The minimum Gasteiger partial charge on any atom is -0.297 e. The number of nitrogens with zero attached hydrogens (tertiary/aromatic N) is 2. The fraction of sp³-hybridized carbons (Fsp3) is 0.444. The first-order chi connectivity index (χ1) is 7.24. The molecule has 1 aromatic heterocycles. The molecule has 1 amide bonds. The third-order valence-corrected chi connectivity index (χ3v) is 3.78. The Balaban J connectivity index is 2.17. The zero-order valence-corrected chi connectivity index (χ0v) is 9.63. The number of aromatic nitrogens is 1. The van der Waals surface area contributed by atoms with Gasteiger partial charge in [-0.15, -0.1) is 0 Å². The van der Waals surface area contributed by atoms with Gasteiger partial charge in [-0.05, 0) is 11.7 Å². The molecule has 0 spiro atoms. The molecule has 1 aromatic rings. The SMILES string of the molecule is O=Cc1cnc(N2CC(CS)CC2=O)s1. The van der Waals surface area contributed by atoms with E-state index in [1.807, 2.05) is 0 Å². The molecule has 4 nitrogen and oxygen atoms in total. The van der Waals surface area contributed by atoms with Crippen molar-refractivity contribution in [3.63, 3.8) is 0 Å². The summed E-state index contributed by atoms with van der Waals surface area (Å²) >= 11 is 5.43. The summed E-state index contributed by atoms with van der Waals surface area (Å²) in [5.41, 5.74) is 0. The molecule has 1 unspecified atom stereocenters. The second-order valence-corrected chi connectivity index (χ2v) is 4.83. The van der Waals surface area contributed by atoms with Crippen LogP contribution in [0.3, 0.4) is 0 Å². The van der Waals surface area contributed by atoms with Gasteiger partial charge in [0, 0.05) is 13.0 Å². The third-order valence-electron chi connectivity index (χ3n) is 2.32. The number of amides is 1. The standard InChI is InChI=1S/C9H10N2O2S2/c12-4-7-2-10-9(15-7)11-3-6(5-14)1-8(11)13/h2,4,6,14H,1,3,5H2. The van der Waals surface area contributed by atoms with Crippen LogP contribution in [0.15, 0.2) is 6.20 Å². The minimum atomic E-state index is 0.0702. The Kier molecular flexibility index (Phi) is 3.06. The molecule has 0 saturated carbocycles. The van der Waals surface area contributed by atoms with E-state index < -0.39 is 0 Å². The van der Waals surface area contributed by atoms with Crippen LogP contribution in [-0.2, 0) is 4.79 Å². The van der Waals surface area contributed by atoms with Crippen LogP contribution in [0.1, 0.15) is 16.1 Å². The number of thiol groups is 1. The molecule has 2 heterocycles. The monoisotopic (exact) mass is 242 g/mol. The Labute approximate surface area is 96.7 Å². The van der Waals surface area contributed by atoms with E-state index in [9.17, 15) is 9.59 Å². The number of carbonyl (C=O) groups excluding carboxylic acids is 2. The second kappa shape index (κ2) is 4.32. The fourth-order valence-electron chi connectivity index (χ4n) is 1.54. The smallest absolute Gasteiger partial charge is 0.229 e. The average molecular weight is 242 g/mol. The van der Waals surface area contributed by atoms with Crippen LogP contribution >= 0.6 is 24.0 Å². The van der Waals surface area contributed by atoms with E-state index in [0.717, 1.165) is 6.29 Å². The average Bonchev–Trinajstić information content (AvgIpc) is 2.83. The fourth-order valence-corrected chi connectivity index (χ4v) is 2.55. The van der Waals surface area contributed by atoms with Crippen molar-refractivity contribution in [2.45, 2.75) is 6.42 Å². The van der Waals surface area contributed by atoms with Crippen LogP contribution in [0.2, 0.25) is 0 Å². The lowest BCUT2D eigenvalue weighted by Gasteiger charge is -2.11. The zero-order chi connectivity index (χ0) is 10.8. The van der Waals surface area contributed by atoms with Gasteiger partial charge >= 0.3 is 0 Å². The highest BCUT2D eigenvalue weighted by molar-refractivity contribution is 7.80. The summed E-state index contributed by atoms with van der Waals surface area (Å²) < 4.78 is 0. The predicted molar refractivity (Wildman–Crippen MR) is 61.8 cm³/mol. The van der Waals surface area contributed by atoms with E-state index in [4.69, 9.17) is 0 Å². The molecule has 2 rings (SSSR count). The maximum Gasteiger partial charge on any atom is 0.229 e. The lowest BCUT2D eigenvalue weighted by atomic mass is 10.1. The van der Waals surface area contributed by atoms with Crippen molar-refractivity contribution >= 4 is 41.3 Å². The summed E-state index contributed by atoms with van der Waals surface area (Å²) in [6.45, 7) is 0.661. The van der Waals surface area contributed by atoms with Gasteiger partial charge < -0.3 is 0 Å². The van der Waals surface area contributed by atoms with E-state index in [-0.39, 0.29) is 5.91 Å². The number of carbonyl (C=O) groups is 2. The quantitative estimate of drug-likeness (QED) is 0.641. The van der Waals surface area contributed by atoms with Crippen LogP contribution in [0.5, 0.6) is 0 Å². The number of thiazole rings is 1.